The van der Waals surface area contributed by atoms with E-state index in [0.29, 0.717) is 30.6 Å². The van der Waals surface area contributed by atoms with Crippen LogP contribution in [0.3, 0.4) is 0 Å². The van der Waals surface area contributed by atoms with Gasteiger partial charge in [0, 0.05) is 29.8 Å². The first-order valence-electron chi connectivity index (χ1n) is 10.1. The molecule has 3 rings (SSSR count). The van der Waals surface area contributed by atoms with Crippen molar-refractivity contribution in [2.75, 3.05) is 24.0 Å². The number of amides is 1. The van der Waals surface area contributed by atoms with Crippen molar-refractivity contribution in [3.8, 4) is 16.9 Å². The van der Waals surface area contributed by atoms with E-state index in [2.05, 4.69) is 10.2 Å². The number of halogens is 4. The Balaban J connectivity index is 1.70. The van der Waals surface area contributed by atoms with Crippen molar-refractivity contribution in [1.82, 2.24) is 4.90 Å². The molecule has 0 aromatic heterocycles. The fourth-order valence-corrected chi connectivity index (χ4v) is 4.14. The van der Waals surface area contributed by atoms with Gasteiger partial charge in [0.2, 0.25) is 5.91 Å². The number of thioether (sulfide) groups is 1. The first-order valence-corrected chi connectivity index (χ1v) is 11.9. The van der Waals surface area contributed by atoms with Crippen molar-refractivity contribution < 1.29 is 27.5 Å². The minimum atomic E-state index is -4.81. The number of para-hydroxylation sites is 1. The molecule has 1 atom stereocenters. The number of carbonyl (C=O) groups excluding carboxylic acids is 1. The summed E-state index contributed by atoms with van der Waals surface area (Å²) in [5.41, 5.74) is 3.97. The zero-order chi connectivity index (χ0) is 23.1. The highest BCUT2D eigenvalue weighted by atomic mass is 35.5. The molecule has 1 aliphatic heterocycles. The topological polar surface area (TPSA) is 50.8 Å². The number of anilines is 1. The summed E-state index contributed by atoms with van der Waals surface area (Å²) in [5, 5.41) is 0.230. The van der Waals surface area contributed by atoms with E-state index in [9.17, 15) is 18.0 Å². The third-order valence-corrected chi connectivity index (χ3v) is 5.90. The Morgan fingerprint density at radius 2 is 2.00 bits per heavy atom. The van der Waals surface area contributed by atoms with Crippen LogP contribution in [0, 0.1) is 0 Å². The summed E-state index contributed by atoms with van der Waals surface area (Å²) in [7, 11) is 0. The summed E-state index contributed by atoms with van der Waals surface area (Å²) in [4.78, 5) is 20.0. The van der Waals surface area contributed by atoms with E-state index in [4.69, 9.17) is 16.4 Å². The predicted molar refractivity (Wildman–Crippen MR) is 121 cm³/mol. The third kappa shape index (κ3) is 6.70. The molecule has 2 aromatic carbocycles. The molecule has 10 heteroatoms. The molecule has 32 heavy (non-hydrogen) atoms. The van der Waals surface area contributed by atoms with Crippen LogP contribution in [0.1, 0.15) is 25.7 Å². The van der Waals surface area contributed by atoms with Crippen molar-refractivity contribution >= 4 is 35.0 Å². The Morgan fingerprint density at radius 1 is 1.22 bits per heavy atom. The Morgan fingerprint density at radius 3 is 2.72 bits per heavy atom. The van der Waals surface area contributed by atoms with E-state index >= 15 is 0 Å². The molecule has 1 unspecified atom stereocenters. The third-order valence-electron chi connectivity index (χ3n) is 4.97. The highest BCUT2D eigenvalue weighted by Gasteiger charge is 2.32. The van der Waals surface area contributed by atoms with E-state index in [1.165, 1.54) is 18.2 Å². The normalized spacial score (nSPS) is 16.7. The lowest BCUT2D eigenvalue weighted by Crippen LogP contribution is -2.46. The quantitative estimate of drug-likeness (QED) is 0.439. The Hall–Kier alpha value is -2.10. The minimum Gasteiger partial charge on any atom is -0.405 e. The molecule has 1 amide bonds. The number of carbonyl (C=O) groups is 1. The number of likely N-dealkylation sites (tertiary alicyclic amines) is 1. The minimum absolute atomic E-state index is 0.0560. The Labute approximate surface area is 194 Å². The van der Waals surface area contributed by atoms with Crippen LogP contribution in [-0.4, -0.2) is 42.0 Å². The zero-order valence-corrected chi connectivity index (χ0v) is 19.0. The number of hydrogen-bond acceptors (Lipinski definition) is 5. The Bertz CT molecular complexity index is 930. The number of ether oxygens (including phenoxy) is 1. The van der Waals surface area contributed by atoms with Crippen LogP contribution in [-0.2, 0) is 9.63 Å². The monoisotopic (exact) mass is 488 g/mol. The van der Waals surface area contributed by atoms with Crippen LogP contribution in [0.5, 0.6) is 5.75 Å². The smallest absolute Gasteiger partial charge is 0.405 e. The van der Waals surface area contributed by atoms with Crippen LogP contribution < -0.4 is 10.2 Å². The molecular weight excluding hydrogens is 465 g/mol. The first-order chi connectivity index (χ1) is 15.3. The van der Waals surface area contributed by atoms with Gasteiger partial charge in [0.05, 0.1) is 10.7 Å². The van der Waals surface area contributed by atoms with Crippen LogP contribution in [0.15, 0.2) is 42.5 Å². The van der Waals surface area contributed by atoms with Gasteiger partial charge in [-0.05, 0) is 43.7 Å². The first kappa shape index (κ1) is 24.5. The molecule has 0 aliphatic carbocycles. The lowest BCUT2D eigenvalue weighted by molar-refractivity contribution is -0.274. The standard InChI is InChI=1S/C22H24ClF3N2O3S/c1-32-13-11-20(29)28-12-5-4-8-21(28)31-27-15-9-10-16(18(23)14-15)17-6-2-3-7-19(17)30-22(24,25)26/h2-3,6-7,9-10,14,21,27H,4-5,8,11-13H2,1H3. The van der Waals surface area contributed by atoms with Gasteiger partial charge in [-0.2, -0.15) is 11.8 Å². The van der Waals surface area contributed by atoms with Crippen LogP contribution in [0.25, 0.3) is 11.1 Å². The van der Waals surface area contributed by atoms with E-state index in [0.717, 1.165) is 18.6 Å². The summed E-state index contributed by atoms with van der Waals surface area (Å²) >= 11 is 7.99. The van der Waals surface area contributed by atoms with Crippen molar-refractivity contribution in [3.05, 3.63) is 47.5 Å². The summed E-state index contributed by atoms with van der Waals surface area (Å²) in [6.07, 6.45) is -0.180. The predicted octanol–water partition coefficient (Wildman–Crippen LogP) is 6.34. The maximum atomic E-state index is 12.7. The molecular formula is C22H24ClF3N2O3S. The number of rotatable bonds is 8. The number of nitrogens with zero attached hydrogens (tertiary/aromatic N) is 1. The molecule has 0 saturated carbocycles. The summed E-state index contributed by atoms with van der Waals surface area (Å²) < 4.78 is 42.3. The largest absolute Gasteiger partial charge is 0.573 e. The van der Waals surface area contributed by atoms with Crippen LogP contribution in [0.4, 0.5) is 18.9 Å². The highest BCUT2D eigenvalue weighted by Crippen LogP contribution is 2.38. The molecule has 0 radical (unpaired) electrons. The second kappa shape index (κ2) is 11.2. The van der Waals surface area contributed by atoms with Crippen molar-refractivity contribution in [3.63, 3.8) is 0 Å². The van der Waals surface area contributed by atoms with Gasteiger partial charge in [-0.3, -0.25) is 15.1 Å². The van der Waals surface area contributed by atoms with E-state index < -0.39 is 12.6 Å². The van der Waals surface area contributed by atoms with Gasteiger partial charge in [-0.15, -0.1) is 13.2 Å². The van der Waals surface area contributed by atoms with Crippen molar-refractivity contribution in [2.24, 2.45) is 0 Å². The molecule has 5 nitrogen and oxygen atoms in total. The number of alkyl halides is 3. The highest BCUT2D eigenvalue weighted by molar-refractivity contribution is 7.98. The van der Waals surface area contributed by atoms with Gasteiger partial charge in [0.15, 0.2) is 6.23 Å². The fraction of sp³-hybridized carbons (Fsp3) is 0.409. The molecule has 1 fully saturated rings. The maximum Gasteiger partial charge on any atom is 0.573 e. The van der Waals surface area contributed by atoms with Crippen LogP contribution >= 0.6 is 23.4 Å². The molecule has 1 aliphatic rings. The van der Waals surface area contributed by atoms with Gasteiger partial charge in [0.1, 0.15) is 5.75 Å². The van der Waals surface area contributed by atoms with Gasteiger partial charge in [-0.1, -0.05) is 35.9 Å². The van der Waals surface area contributed by atoms with E-state index in [1.807, 2.05) is 6.26 Å². The van der Waals surface area contributed by atoms with Crippen LogP contribution in [0.2, 0.25) is 5.02 Å². The molecule has 1 heterocycles. The zero-order valence-electron chi connectivity index (χ0n) is 17.5. The molecule has 1 N–H and O–H groups in total. The van der Waals surface area contributed by atoms with Gasteiger partial charge >= 0.3 is 6.36 Å². The molecule has 174 valence electrons. The second-order valence-electron chi connectivity index (χ2n) is 7.24. The molecule has 2 aromatic rings. The Kier molecular flexibility index (Phi) is 8.56. The van der Waals surface area contributed by atoms with E-state index in [-0.39, 0.29) is 22.2 Å². The number of benzene rings is 2. The number of piperidine rings is 1. The average molecular weight is 489 g/mol. The SMILES string of the molecule is CSCCC(=O)N1CCCCC1ONc1ccc(-c2ccccc2OC(F)(F)F)c(Cl)c1. The number of nitrogens with one attached hydrogen (secondary N) is 1. The van der Waals surface area contributed by atoms with Gasteiger partial charge < -0.3 is 9.64 Å². The summed E-state index contributed by atoms with van der Waals surface area (Å²) in [5.74, 6) is 0.479. The summed E-state index contributed by atoms with van der Waals surface area (Å²) in [6.45, 7) is 0.648. The second-order valence-corrected chi connectivity index (χ2v) is 8.63. The van der Waals surface area contributed by atoms with E-state index in [1.54, 1.807) is 40.9 Å². The maximum absolute atomic E-state index is 12.7. The van der Waals surface area contributed by atoms with Crippen molar-refractivity contribution in [2.45, 2.75) is 38.3 Å². The molecule has 0 bridgehead atoms. The van der Waals surface area contributed by atoms with Gasteiger partial charge in [-0.25, -0.2) is 0 Å². The fourth-order valence-electron chi connectivity index (χ4n) is 3.48. The lowest BCUT2D eigenvalue weighted by Gasteiger charge is -2.35. The average Bonchev–Trinajstić information content (AvgIpc) is 2.76. The number of hydrogen-bond donors (Lipinski definition) is 1. The van der Waals surface area contributed by atoms with Crippen molar-refractivity contribution in [1.29, 1.82) is 0 Å². The summed E-state index contributed by atoms with van der Waals surface area (Å²) in [6, 6.07) is 10.6. The lowest BCUT2D eigenvalue weighted by atomic mass is 10.0. The molecule has 0 spiro atoms. The van der Waals surface area contributed by atoms with Gasteiger partial charge in [0.25, 0.3) is 0 Å². The molecule has 1 saturated heterocycles.